The monoisotopic (exact) mass is 404 g/mol. The van der Waals surface area contributed by atoms with Gasteiger partial charge in [-0.15, -0.1) is 0 Å². The van der Waals surface area contributed by atoms with Gasteiger partial charge in [0.2, 0.25) is 0 Å². The van der Waals surface area contributed by atoms with E-state index in [1.54, 1.807) is 0 Å². The third-order valence-corrected chi connectivity index (χ3v) is 19.7. The fourth-order valence-electron chi connectivity index (χ4n) is 2.93. The molecule has 0 aliphatic heterocycles. The second-order valence-corrected chi connectivity index (χ2v) is 20.3. The molecular formula is C18H36O2Sn. The van der Waals surface area contributed by atoms with Gasteiger partial charge in [0.05, 0.1) is 0 Å². The van der Waals surface area contributed by atoms with Gasteiger partial charge in [-0.25, -0.2) is 0 Å². The van der Waals surface area contributed by atoms with Crippen molar-refractivity contribution >= 4 is 24.3 Å². The first-order chi connectivity index (χ1) is 10.1. The second kappa shape index (κ2) is 13.7. The number of methoxy groups -OCH3 is 1. The molecule has 0 N–H and O–H groups in total. The van der Waals surface area contributed by atoms with Gasteiger partial charge in [0.15, 0.2) is 0 Å². The molecule has 0 atom stereocenters. The van der Waals surface area contributed by atoms with Crippen LogP contribution in [0.2, 0.25) is 17.7 Å². The van der Waals surface area contributed by atoms with E-state index in [4.69, 9.17) is 4.74 Å². The van der Waals surface area contributed by atoms with Crippen molar-refractivity contribution in [2.75, 3.05) is 7.11 Å². The zero-order valence-electron chi connectivity index (χ0n) is 14.7. The van der Waals surface area contributed by atoms with Gasteiger partial charge in [-0.2, -0.15) is 0 Å². The van der Waals surface area contributed by atoms with Crippen LogP contribution >= 0.6 is 0 Å². The van der Waals surface area contributed by atoms with Crippen molar-refractivity contribution in [3.8, 4) is 0 Å². The first kappa shape index (κ1) is 21.0. The van der Waals surface area contributed by atoms with E-state index in [2.05, 4.69) is 26.8 Å². The third-order valence-electron chi connectivity index (χ3n) is 4.41. The minimum absolute atomic E-state index is 0.122. The van der Waals surface area contributed by atoms with Crippen LogP contribution < -0.4 is 0 Å². The van der Waals surface area contributed by atoms with E-state index >= 15 is 0 Å². The van der Waals surface area contributed by atoms with E-state index in [-0.39, 0.29) is 5.97 Å². The van der Waals surface area contributed by atoms with Gasteiger partial charge in [0, 0.05) is 0 Å². The Balaban J connectivity index is 4.65. The van der Waals surface area contributed by atoms with Crippen molar-refractivity contribution in [2.45, 2.75) is 83.5 Å². The summed E-state index contributed by atoms with van der Waals surface area (Å²) in [5.74, 6) is -0.122. The minimum atomic E-state index is -2.02. The number of carbonyl (C=O) groups excluding carboxylic acids is 1. The summed E-state index contributed by atoms with van der Waals surface area (Å²) >= 11 is -2.02. The zero-order valence-corrected chi connectivity index (χ0v) is 17.6. The van der Waals surface area contributed by atoms with Crippen molar-refractivity contribution in [3.63, 3.8) is 0 Å². The number of carbonyl (C=O) groups is 1. The Labute approximate surface area is 136 Å². The van der Waals surface area contributed by atoms with Gasteiger partial charge in [-0.3, -0.25) is 0 Å². The molecule has 0 aromatic carbocycles. The average Bonchev–Trinajstić information content (AvgIpc) is 2.52. The maximum absolute atomic E-state index is 11.2. The molecule has 0 aromatic rings. The van der Waals surface area contributed by atoms with Gasteiger partial charge < -0.3 is 0 Å². The summed E-state index contributed by atoms with van der Waals surface area (Å²) in [6.45, 7) is 6.93. The van der Waals surface area contributed by atoms with E-state index in [1.807, 2.05) is 6.08 Å². The summed E-state index contributed by atoms with van der Waals surface area (Å²) in [6.07, 6.45) is 13.0. The Kier molecular flexibility index (Phi) is 13.7. The summed E-state index contributed by atoms with van der Waals surface area (Å²) in [7, 11) is 1.46. The van der Waals surface area contributed by atoms with Crippen LogP contribution in [-0.4, -0.2) is 31.5 Å². The Bertz CT molecular complexity index is 265. The van der Waals surface area contributed by atoms with Crippen molar-refractivity contribution in [1.29, 1.82) is 0 Å². The molecule has 3 heteroatoms. The predicted octanol–water partition coefficient (Wildman–Crippen LogP) is 5.95. The zero-order chi connectivity index (χ0) is 16.0. The van der Waals surface area contributed by atoms with Gasteiger partial charge in [-0.05, 0) is 0 Å². The Morgan fingerprint density at radius 2 is 1.38 bits per heavy atom. The average molecular weight is 403 g/mol. The van der Waals surface area contributed by atoms with E-state index in [1.165, 1.54) is 63.4 Å². The molecule has 21 heavy (non-hydrogen) atoms. The topological polar surface area (TPSA) is 26.3 Å². The molecule has 0 saturated heterocycles. The normalized spacial score (nSPS) is 12.0. The van der Waals surface area contributed by atoms with E-state index in [9.17, 15) is 4.79 Å². The standard InChI is InChI=1S/C6H9O2.3C4H9.Sn/c1-3-4-5-6(7)8-2;3*1-3-4-2;/h3-4H,1,5H2,2H3;3*1,3-4H2,2H3;/b4-3+;;;;. The molecule has 0 saturated carbocycles. The summed E-state index contributed by atoms with van der Waals surface area (Å²) < 4.78 is 10.6. The summed E-state index contributed by atoms with van der Waals surface area (Å²) in [5.41, 5.74) is 0. The van der Waals surface area contributed by atoms with Crippen LogP contribution in [0.1, 0.15) is 65.7 Å². The van der Waals surface area contributed by atoms with Gasteiger partial charge >= 0.3 is 137 Å². The summed E-state index contributed by atoms with van der Waals surface area (Å²) in [4.78, 5) is 11.2. The number of esters is 1. The molecular weight excluding hydrogens is 367 g/mol. The van der Waals surface area contributed by atoms with Crippen LogP contribution in [0, 0.1) is 0 Å². The quantitative estimate of drug-likeness (QED) is 0.216. The van der Waals surface area contributed by atoms with Crippen molar-refractivity contribution in [1.82, 2.24) is 0 Å². The Morgan fingerprint density at radius 1 is 0.905 bits per heavy atom. The Hall–Kier alpha value is 0.00870. The fraction of sp³-hybridized carbons (Fsp3) is 0.833. The maximum atomic E-state index is 11.2. The van der Waals surface area contributed by atoms with Crippen molar-refractivity contribution in [3.05, 3.63) is 12.2 Å². The fourth-order valence-corrected chi connectivity index (χ4v) is 18.2. The molecule has 0 heterocycles. The molecule has 0 fully saturated rings. The molecule has 0 aromatic heterocycles. The van der Waals surface area contributed by atoms with E-state index in [0.717, 1.165) is 0 Å². The van der Waals surface area contributed by atoms with Crippen LogP contribution in [0.5, 0.6) is 0 Å². The van der Waals surface area contributed by atoms with Crippen LogP contribution in [-0.2, 0) is 9.53 Å². The summed E-state index contributed by atoms with van der Waals surface area (Å²) in [5, 5.41) is 0. The Morgan fingerprint density at radius 3 is 1.76 bits per heavy atom. The molecule has 0 bridgehead atoms. The van der Waals surface area contributed by atoms with E-state index < -0.39 is 18.4 Å². The van der Waals surface area contributed by atoms with Crippen molar-refractivity contribution in [2.24, 2.45) is 0 Å². The molecule has 0 aliphatic rings. The van der Waals surface area contributed by atoms with Crippen LogP contribution in [0.15, 0.2) is 12.2 Å². The molecule has 0 amide bonds. The molecule has 124 valence electrons. The first-order valence-electron chi connectivity index (χ1n) is 8.86. The van der Waals surface area contributed by atoms with Crippen molar-refractivity contribution < 1.29 is 9.53 Å². The third kappa shape index (κ3) is 10.4. The van der Waals surface area contributed by atoms with Crippen LogP contribution in [0.25, 0.3) is 0 Å². The van der Waals surface area contributed by atoms with Crippen LogP contribution in [0.4, 0.5) is 0 Å². The van der Waals surface area contributed by atoms with Gasteiger partial charge in [0.25, 0.3) is 0 Å². The number of rotatable bonds is 13. The summed E-state index contributed by atoms with van der Waals surface area (Å²) in [6, 6.07) is 0. The SMILES string of the molecule is CCC[CH2][Sn]([CH2]/C=C/CC(=O)OC)([CH2]CCC)[CH2]CCC. The number of allylic oxidation sites excluding steroid dienone is 1. The molecule has 0 unspecified atom stereocenters. The number of hydrogen-bond donors (Lipinski definition) is 0. The van der Waals surface area contributed by atoms with E-state index in [0.29, 0.717) is 6.42 Å². The predicted molar refractivity (Wildman–Crippen MR) is 95.5 cm³/mol. The second-order valence-electron chi connectivity index (χ2n) is 6.27. The van der Waals surface area contributed by atoms with Gasteiger partial charge in [-0.1, -0.05) is 0 Å². The molecule has 0 aliphatic carbocycles. The number of ether oxygens (including phenoxy) is 1. The molecule has 0 radical (unpaired) electrons. The molecule has 0 spiro atoms. The van der Waals surface area contributed by atoms with Crippen LogP contribution in [0.3, 0.4) is 0 Å². The van der Waals surface area contributed by atoms with Gasteiger partial charge in [0.1, 0.15) is 0 Å². The molecule has 0 rings (SSSR count). The first-order valence-corrected chi connectivity index (χ1v) is 16.9. The number of unbranched alkanes of at least 4 members (excludes halogenated alkanes) is 3. The number of hydrogen-bond acceptors (Lipinski definition) is 2. The molecule has 2 nitrogen and oxygen atoms in total.